The van der Waals surface area contributed by atoms with Crippen molar-refractivity contribution in [2.24, 2.45) is 11.0 Å². The van der Waals surface area contributed by atoms with Crippen molar-refractivity contribution in [1.82, 2.24) is 5.43 Å². The molecule has 5 nitrogen and oxygen atoms in total. The molecule has 146 valence electrons. The molecule has 0 atom stereocenters. The molecular formula is C23H27N3O2. The van der Waals surface area contributed by atoms with Crippen LogP contribution in [0.15, 0.2) is 59.7 Å². The molecule has 2 N–H and O–H groups in total. The van der Waals surface area contributed by atoms with E-state index in [1.807, 2.05) is 61.5 Å². The van der Waals surface area contributed by atoms with Gasteiger partial charge in [-0.1, -0.05) is 61.7 Å². The van der Waals surface area contributed by atoms with Crippen LogP contribution in [-0.4, -0.2) is 17.5 Å². The van der Waals surface area contributed by atoms with E-state index in [1.54, 1.807) is 0 Å². The van der Waals surface area contributed by atoms with Crippen molar-refractivity contribution in [3.8, 4) is 0 Å². The van der Waals surface area contributed by atoms with E-state index >= 15 is 0 Å². The van der Waals surface area contributed by atoms with Gasteiger partial charge in [-0.05, 0) is 43.0 Å². The van der Waals surface area contributed by atoms with Crippen LogP contribution in [0.4, 0.5) is 5.69 Å². The lowest BCUT2D eigenvalue weighted by Crippen LogP contribution is -2.24. The summed E-state index contributed by atoms with van der Waals surface area (Å²) in [5.74, 6) is 0.101. The smallest absolute Gasteiger partial charge is 0.244 e. The van der Waals surface area contributed by atoms with Crippen LogP contribution in [0.1, 0.15) is 50.2 Å². The molecule has 1 aliphatic rings. The topological polar surface area (TPSA) is 70.6 Å². The zero-order chi connectivity index (χ0) is 19.8. The molecule has 2 aromatic carbocycles. The first-order chi connectivity index (χ1) is 13.6. The molecule has 0 radical (unpaired) electrons. The highest BCUT2D eigenvalue weighted by atomic mass is 16.2. The van der Waals surface area contributed by atoms with Crippen LogP contribution >= 0.6 is 0 Å². The second-order valence-electron chi connectivity index (χ2n) is 7.30. The van der Waals surface area contributed by atoms with Gasteiger partial charge in [-0.2, -0.15) is 5.10 Å². The van der Waals surface area contributed by atoms with E-state index in [0.29, 0.717) is 12.1 Å². The van der Waals surface area contributed by atoms with Gasteiger partial charge in [-0.25, -0.2) is 5.43 Å². The number of carbonyl (C=O) groups is 2. The molecule has 0 bridgehead atoms. The summed E-state index contributed by atoms with van der Waals surface area (Å²) in [5.41, 5.74) is 5.95. The van der Waals surface area contributed by atoms with Gasteiger partial charge in [0.15, 0.2) is 0 Å². The Morgan fingerprint density at radius 3 is 2.32 bits per heavy atom. The minimum atomic E-state index is -0.151. The van der Waals surface area contributed by atoms with Crippen molar-refractivity contribution in [1.29, 1.82) is 0 Å². The van der Waals surface area contributed by atoms with Crippen LogP contribution in [0.3, 0.4) is 0 Å². The van der Waals surface area contributed by atoms with E-state index < -0.39 is 0 Å². The number of hydrogen-bond donors (Lipinski definition) is 2. The SMILES string of the molecule is CC(=NNC(=O)Cc1ccccc1)c1ccc(NC(=O)C2CCCCC2)cc1. The van der Waals surface area contributed by atoms with Gasteiger partial charge in [0.05, 0.1) is 12.1 Å². The summed E-state index contributed by atoms with van der Waals surface area (Å²) < 4.78 is 0. The number of benzene rings is 2. The van der Waals surface area contributed by atoms with Crippen molar-refractivity contribution in [3.63, 3.8) is 0 Å². The number of rotatable bonds is 6. The molecule has 5 heteroatoms. The first kappa shape index (κ1) is 19.8. The molecule has 0 aliphatic heterocycles. The largest absolute Gasteiger partial charge is 0.326 e. The lowest BCUT2D eigenvalue weighted by Gasteiger charge is -2.20. The maximum Gasteiger partial charge on any atom is 0.244 e. The Kier molecular flexibility index (Phi) is 6.95. The summed E-state index contributed by atoms with van der Waals surface area (Å²) >= 11 is 0. The minimum absolute atomic E-state index is 0.117. The average Bonchev–Trinajstić information content (AvgIpc) is 2.74. The predicted molar refractivity (Wildman–Crippen MR) is 112 cm³/mol. The summed E-state index contributed by atoms with van der Waals surface area (Å²) in [7, 11) is 0. The Labute approximate surface area is 166 Å². The second kappa shape index (κ2) is 9.83. The third kappa shape index (κ3) is 5.78. The van der Waals surface area contributed by atoms with Gasteiger partial charge in [-0.15, -0.1) is 0 Å². The lowest BCUT2D eigenvalue weighted by molar-refractivity contribution is -0.121. The van der Waals surface area contributed by atoms with Crippen molar-refractivity contribution < 1.29 is 9.59 Å². The van der Waals surface area contributed by atoms with Crippen molar-refractivity contribution >= 4 is 23.2 Å². The van der Waals surface area contributed by atoms with E-state index in [4.69, 9.17) is 0 Å². The van der Waals surface area contributed by atoms with Crippen LogP contribution < -0.4 is 10.7 Å². The van der Waals surface area contributed by atoms with Crippen molar-refractivity contribution in [2.45, 2.75) is 45.4 Å². The third-order valence-electron chi connectivity index (χ3n) is 5.10. The van der Waals surface area contributed by atoms with Crippen LogP contribution in [0, 0.1) is 5.92 Å². The Hall–Kier alpha value is -2.95. The molecule has 0 aromatic heterocycles. The Morgan fingerprint density at radius 2 is 1.64 bits per heavy atom. The summed E-state index contributed by atoms with van der Waals surface area (Å²) in [5, 5.41) is 7.19. The number of amides is 2. The van der Waals surface area contributed by atoms with E-state index in [0.717, 1.165) is 42.5 Å². The van der Waals surface area contributed by atoms with Gasteiger partial charge in [0.2, 0.25) is 11.8 Å². The molecule has 0 spiro atoms. The molecule has 0 saturated heterocycles. The van der Waals surface area contributed by atoms with Crippen LogP contribution in [0.2, 0.25) is 0 Å². The molecular weight excluding hydrogens is 350 g/mol. The number of hydrazone groups is 1. The van der Waals surface area contributed by atoms with Crippen LogP contribution in [0.5, 0.6) is 0 Å². The maximum absolute atomic E-state index is 12.3. The zero-order valence-corrected chi connectivity index (χ0v) is 16.3. The van der Waals surface area contributed by atoms with E-state index in [1.165, 1.54) is 6.42 Å². The monoisotopic (exact) mass is 377 g/mol. The molecule has 1 saturated carbocycles. The van der Waals surface area contributed by atoms with Gasteiger partial charge in [-0.3, -0.25) is 9.59 Å². The normalized spacial score (nSPS) is 15.1. The molecule has 1 aliphatic carbocycles. The van der Waals surface area contributed by atoms with Gasteiger partial charge in [0, 0.05) is 11.6 Å². The summed E-state index contributed by atoms with van der Waals surface area (Å²) in [6.45, 7) is 1.85. The Balaban J connectivity index is 1.52. The van der Waals surface area contributed by atoms with Gasteiger partial charge >= 0.3 is 0 Å². The van der Waals surface area contributed by atoms with Crippen molar-refractivity contribution in [3.05, 3.63) is 65.7 Å². The fourth-order valence-electron chi connectivity index (χ4n) is 3.44. The number of hydrogen-bond acceptors (Lipinski definition) is 3. The highest BCUT2D eigenvalue weighted by Crippen LogP contribution is 2.25. The van der Waals surface area contributed by atoms with Gasteiger partial charge < -0.3 is 5.32 Å². The maximum atomic E-state index is 12.3. The second-order valence-corrected chi connectivity index (χ2v) is 7.30. The number of nitrogens with zero attached hydrogens (tertiary/aromatic N) is 1. The van der Waals surface area contributed by atoms with Crippen LogP contribution in [0.25, 0.3) is 0 Å². The quantitative estimate of drug-likeness (QED) is 0.582. The minimum Gasteiger partial charge on any atom is -0.326 e. The van der Waals surface area contributed by atoms with E-state index in [2.05, 4.69) is 15.8 Å². The predicted octanol–water partition coefficient (Wildman–Crippen LogP) is 4.29. The highest BCUT2D eigenvalue weighted by Gasteiger charge is 2.20. The zero-order valence-electron chi connectivity index (χ0n) is 16.3. The molecule has 28 heavy (non-hydrogen) atoms. The fourth-order valence-corrected chi connectivity index (χ4v) is 3.44. The Morgan fingerprint density at radius 1 is 0.964 bits per heavy atom. The Bertz CT molecular complexity index is 823. The standard InChI is InChI=1S/C23H27N3O2/c1-17(25-26-22(27)16-18-8-4-2-5-9-18)19-12-14-21(15-13-19)24-23(28)20-10-6-3-7-11-20/h2,4-5,8-9,12-15,20H,3,6-7,10-11,16H2,1H3,(H,24,28)(H,26,27). The number of anilines is 1. The first-order valence-electron chi connectivity index (χ1n) is 9.90. The number of nitrogens with one attached hydrogen (secondary N) is 2. The van der Waals surface area contributed by atoms with E-state index in [9.17, 15) is 9.59 Å². The average molecular weight is 377 g/mol. The summed E-state index contributed by atoms with van der Waals surface area (Å²) in [6.07, 6.45) is 5.78. The molecule has 1 fully saturated rings. The molecule has 0 unspecified atom stereocenters. The van der Waals surface area contributed by atoms with Gasteiger partial charge in [0.25, 0.3) is 0 Å². The fraction of sp³-hybridized carbons (Fsp3) is 0.348. The first-order valence-corrected chi connectivity index (χ1v) is 9.90. The number of carbonyl (C=O) groups excluding carboxylic acids is 2. The van der Waals surface area contributed by atoms with Crippen molar-refractivity contribution in [2.75, 3.05) is 5.32 Å². The highest BCUT2D eigenvalue weighted by molar-refractivity contribution is 6.00. The molecule has 0 heterocycles. The summed E-state index contributed by atoms with van der Waals surface area (Å²) in [6, 6.07) is 17.1. The van der Waals surface area contributed by atoms with Gasteiger partial charge in [0.1, 0.15) is 0 Å². The lowest BCUT2D eigenvalue weighted by atomic mass is 9.88. The third-order valence-corrected chi connectivity index (χ3v) is 5.10. The summed E-state index contributed by atoms with van der Waals surface area (Å²) in [4.78, 5) is 24.3. The molecule has 2 aromatic rings. The van der Waals surface area contributed by atoms with E-state index in [-0.39, 0.29) is 17.7 Å². The molecule has 3 rings (SSSR count). The van der Waals surface area contributed by atoms with Crippen LogP contribution in [-0.2, 0) is 16.0 Å². The molecule has 2 amide bonds.